The molecule has 4 heteroatoms. The first kappa shape index (κ1) is 13.5. The standard InChI is InChI=1S/C18H20N4/c1-13-6-7-15-16(10-13)21-18(20-15)17-5-3-9-22(17)12-14-4-2-8-19-11-14/h2,4,6-8,10-11,17H,3,5,9,12H2,1H3,(H,20,21)/t17-/m1/s1. The average Bonchev–Trinajstić information content (AvgIpc) is 3.14. The van der Waals surface area contributed by atoms with Crippen LogP contribution in [0.1, 0.15) is 35.8 Å². The zero-order valence-electron chi connectivity index (χ0n) is 12.8. The number of benzene rings is 1. The smallest absolute Gasteiger partial charge is 0.124 e. The highest BCUT2D eigenvalue weighted by Gasteiger charge is 2.28. The van der Waals surface area contributed by atoms with Gasteiger partial charge in [-0.05, 0) is 55.6 Å². The second kappa shape index (κ2) is 5.54. The van der Waals surface area contributed by atoms with E-state index in [1.165, 1.54) is 24.0 Å². The van der Waals surface area contributed by atoms with E-state index in [4.69, 9.17) is 4.98 Å². The van der Waals surface area contributed by atoms with Gasteiger partial charge < -0.3 is 4.98 Å². The number of nitrogens with one attached hydrogen (secondary N) is 1. The lowest BCUT2D eigenvalue weighted by Crippen LogP contribution is -2.23. The summed E-state index contributed by atoms with van der Waals surface area (Å²) >= 11 is 0. The number of likely N-dealkylation sites (tertiary alicyclic amines) is 1. The predicted octanol–water partition coefficient (Wildman–Crippen LogP) is 3.60. The number of imidazole rings is 1. The van der Waals surface area contributed by atoms with Crippen LogP contribution >= 0.6 is 0 Å². The molecule has 0 amide bonds. The summed E-state index contributed by atoms with van der Waals surface area (Å²) in [6.45, 7) is 4.18. The van der Waals surface area contributed by atoms with Crippen molar-refractivity contribution in [2.24, 2.45) is 0 Å². The third-order valence-electron chi connectivity index (χ3n) is 4.44. The van der Waals surface area contributed by atoms with Crippen LogP contribution in [0.3, 0.4) is 0 Å². The van der Waals surface area contributed by atoms with E-state index in [2.05, 4.69) is 46.1 Å². The first-order valence-corrected chi connectivity index (χ1v) is 7.89. The number of hydrogen-bond acceptors (Lipinski definition) is 3. The van der Waals surface area contributed by atoms with Gasteiger partial charge in [0.15, 0.2) is 0 Å². The fourth-order valence-corrected chi connectivity index (χ4v) is 3.35. The van der Waals surface area contributed by atoms with Crippen LogP contribution in [0.4, 0.5) is 0 Å². The summed E-state index contributed by atoms with van der Waals surface area (Å²) in [4.78, 5) is 15.1. The van der Waals surface area contributed by atoms with E-state index in [0.29, 0.717) is 6.04 Å². The van der Waals surface area contributed by atoms with Crippen molar-refractivity contribution in [2.45, 2.75) is 32.4 Å². The van der Waals surface area contributed by atoms with Crippen LogP contribution in [0, 0.1) is 6.92 Å². The van der Waals surface area contributed by atoms with Crippen molar-refractivity contribution in [2.75, 3.05) is 6.54 Å². The van der Waals surface area contributed by atoms with Crippen LogP contribution < -0.4 is 0 Å². The molecule has 2 aromatic heterocycles. The number of aryl methyl sites for hydroxylation is 1. The minimum Gasteiger partial charge on any atom is -0.341 e. The van der Waals surface area contributed by atoms with Crippen LogP contribution in [-0.4, -0.2) is 26.4 Å². The molecule has 1 aliphatic rings. The third kappa shape index (κ3) is 2.50. The molecule has 0 spiro atoms. The monoisotopic (exact) mass is 292 g/mol. The normalized spacial score (nSPS) is 19.0. The van der Waals surface area contributed by atoms with Crippen LogP contribution in [0.5, 0.6) is 0 Å². The van der Waals surface area contributed by atoms with Gasteiger partial charge in [0.1, 0.15) is 5.82 Å². The number of nitrogens with zero attached hydrogens (tertiary/aromatic N) is 3. The van der Waals surface area contributed by atoms with Gasteiger partial charge in [0.05, 0.1) is 17.1 Å². The molecule has 4 nitrogen and oxygen atoms in total. The summed E-state index contributed by atoms with van der Waals surface area (Å²) in [7, 11) is 0. The summed E-state index contributed by atoms with van der Waals surface area (Å²) in [5.74, 6) is 1.10. The second-order valence-corrected chi connectivity index (χ2v) is 6.13. The number of pyridine rings is 1. The largest absolute Gasteiger partial charge is 0.341 e. The maximum atomic E-state index is 4.81. The molecule has 4 rings (SSSR count). The average molecular weight is 292 g/mol. The van der Waals surface area contributed by atoms with Gasteiger partial charge in [-0.3, -0.25) is 9.88 Å². The van der Waals surface area contributed by atoms with Crippen LogP contribution in [0.2, 0.25) is 0 Å². The highest BCUT2D eigenvalue weighted by atomic mass is 15.2. The third-order valence-corrected chi connectivity index (χ3v) is 4.44. The van der Waals surface area contributed by atoms with Crippen molar-refractivity contribution in [1.29, 1.82) is 0 Å². The molecule has 3 heterocycles. The van der Waals surface area contributed by atoms with Crippen LogP contribution in [0.15, 0.2) is 42.7 Å². The summed E-state index contributed by atoms with van der Waals surface area (Å²) in [5.41, 5.74) is 4.74. The van der Waals surface area contributed by atoms with E-state index in [-0.39, 0.29) is 0 Å². The number of H-pyrrole nitrogens is 1. The quantitative estimate of drug-likeness (QED) is 0.802. The molecule has 0 aliphatic carbocycles. The van der Waals surface area contributed by atoms with Gasteiger partial charge in [-0.25, -0.2) is 4.98 Å². The predicted molar refractivity (Wildman–Crippen MR) is 87.5 cm³/mol. The zero-order chi connectivity index (χ0) is 14.9. The lowest BCUT2D eigenvalue weighted by molar-refractivity contribution is 0.241. The molecule has 1 atom stereocenters. The van der Waals surface area contributed by atoms with E-state index < -0.39 is 0 Å². The molecule has 1 saturated heterocycles. The Morgan fingerprint density at radius 3 is 3.14 bits per heavy atom. The topological polar surface area (TPSA) is 44.8 Å². The van der Waals surface area contributed by atoms with Gasteiger partial charge in [-0.2, -0.15) is 0 Å². The molecule has 3 aromatic rings. The molecule has 1 aromatic carbocycles. The van der Waals surface area contributed by atoms with Crippen molar-refractivity contribution in [3.8, 4) is 0 Å². The van der Waals surface area contributed by atoms with Crippen molar-refractivity contribution in [1.82, 2.24) is 19.9 Å². The lowest BCUT2D eigenvalue weighted by atomic mass is 10.2. The summed E-state index contributed by atoms with van der Waals surface area (Å²) < 4.78 is 0. The molecular weight excluding hydrogens is 272 g/mol. The molecule has 0 bridgehead atoms. The van der Waals surface area contributed by atoms with Gasteiger partial charge in [-0.15, -0.1) is 0 Å². The van der Waals surface area contributed by atoms with Gasteiger partial charge in [0, 0.05) is 18.9 Å². The fourth-order valence-electron chi connectivity index (χ4n) is 3.35. The highest BCUT2D eigenvalue weighted by Crippen LogP contribution is 2.32. The Balaban J connectivity index is 1.61. The summed E-state index contributed by atoms with van der Waals surface area (Å²) in [6.07, 6.45) is 6.17. The molecule has 1 fully saturated rings. The van der Waals surface area contributed by atoms with Crippen molar-refractivity contribution >= 4 is 11.0 Å². The highest BCUT2D eigenvalue weighted by molar-refractivity contribution is 5.75. The minimum absolute atomic E-state index is 0.382. The molecule has 0 saturated carbocycles. The molecular formula is C18H20N4. The molecule has 0 unspecified atom stereocenters. The van der Waals surface area contributed by atoms with Crippen LogP contribution in [-0.2, 0) is 6.54 Å². The Labute approximate surface area is 130 Å². The van der Waals surface area contributed by atoms with E-state index in [0.717, 1.165) is 29.9 Å². The molecule has 112 valence electrons. The molecule has 22 heavy (non-hydrogen) atoms. The second-order valence-electron chi connectivity index (χ2n) is 6.13. The Kier molecular flexibility index (Phi) is 3.39. The number of rotatable bonds is 3. The number of aromatic amines is 1. The first-order valence-electron chi connectivity index (χ1n) is 7.89. The Hall–Kier alpha value is -2.20. The van der Waals surface area contributed by atoms with Gasteiger partial charge in [-0.1, -0.05) is 12.1 Å². The number of hydrogen-bond donors (Lipinski definition) is 1. The fraction of sp³-hybridized carbons (Fsp3) is 0.333. The Morgan fingerprint density at radius 1 is 1.32 bits per heavy atom. The maximum Gasteiger partial charge on any atom is 0.124 e. The van der Waals surface area contributed by atoms with Crippen molar-refractivity contribution in [3.05, 3.63) is 59.7 Å². The van der Waals surface area contributed by atoms with E-state index in [1.807, 2.05) is 18.5 Å². The molecule has 1 aliphatic heterocycles. The number of fused-ring (bicyclic) bond motifs is 1. The SMILES string of the molecule is Cc1ccc2nc([C@H]3CCCN3Cc3cccnc3)[nH]c2c1. The minimum atomic E-state index is 0.382. The maximum absolute atomic E-state index is 4.81. The van der Waals surface area contributed by atoms with Crippen LogP contribution in [0.25, 0.3) is 11.0 Å². The van der Waals surface area contributed by atoms with Gasteiger partial charge in [0.2, 0.25) is 0 Å². The molecule has 1 N–H and O–H groups in total. The van der Waals surface area contributed by atoms with E-state index in [9.17, 15) is 0 Å². The van der Waals surface area contributed by atoms with Crippen molar-refractivity contribution in [3.63, 3.8) is 0 Å². The van der Waals surface area contributed by atoms with Gasteiger partial charge >= 0.3 is 0 Å². The van der Waals surface area contributed by atoms with E-state index in [1.54, 1.807) is 0 Å². The molecule has 0 radical (unpaired) electrons. The Bertz CT molecular complexity index is 778. The Morgan fingerprint density at radius 2 is 2.27 bits per heavy atom. The summed E-state index contributed by atoms with van der Waals surface area (Å²) in [5, 5.41) is 0. The summed E-state index contributed by atoms with van der Waals surface area (Å²) in [6, 6.07) is 10.9. The lowest BCUT2D eigenvalue weighted by Gasteiger charge is -2.22. The van der Waals surface area contributed by atoms with Gasteiger partial charge in [0.25, 0.3) is 0 Å². The van der Waals surface area contributed by atoms with E-state index >= 15 is 0 Å². The number of aromatic nitrogens is 3. The van der Waals surface area contributed by atoms with Crippen molar-refractivity contribution < 1.29 is 0 Å². The first-order chi connectivity index (χ1) is 10.8. The zero-order valence-corrected chi connectivity index (χ0v) is 12.8.